The Labute approximate surface area is 65.7 Å². The first kappa shape index (κ1) is 6.29. The molecule has 1 atom stereocenters. The van der Waals surface area contributed by atoms with Crippen molar-refractivity contribution in [3.05, 3.63) is 34.8 Å². The van der Waals surface area contributed by atoms with Crippen LogP contribution in [0.2, 0.25) is 0 Å². The highest BCUT2D eigenvalue weighted by Gasteiger charge is 2.20. The Hall–Kier alpha value is -0.430. The van der Waals surface area contributed by atoms with Crippen LogP contribution in [0.1, 0.15) is 13.3 Å². The van der Waals surface area contributed by atoms with Gasteiger partial charge in [-0.2, -0.15) is 0 Å². The van der Waals surface area contributed by atoms with Gasteiger partial charge >= 0.3 is 0 Å². The van der Waals surface area contributed by atoms with Gasteiger partial charge in [0.05, 0.1) is 0 Å². The predicted octanol–water partition coefficient (Wildman–Crippen LogP) is 2.89. The maximum atomic E-state index is 2.27. The van der Waals surface area contributed by atoms with E-state index in [-0.39, 0.29) is 0 Å². The third kappa shape index (κ3) is 0.853. The van der Waals surface area contributed by atoms with Gasteiger partial charge in [0.25, 0.3) is 0 Å². The molecule has 1 aliphatic carbocycles. The standard InChI is InChI=1S/C9H10S/c1-7-6-10-9-5-3-2-4-8(7)9/h2-4,6,9H,5H2,1H3. The van der Waals surface area contributed by atoms with Crippen molar-refractivity contribution in [2.45, 2.75) is 18.6 Å². The second-order valence-electron chi connectivity index (χ2n) is 2.71. The van der Waals surface area contributed by atoms with E-state index in [9.17, 15) is 0 Å². The summed E-state index contributed by atoms with van der Waals surface area (Å²) < 4.78 is 0. The molecule has 1 unspecified atom stereocenters. The van der Waals surface area contributed by atoms with Gasteiger partial charge in [0, 0.05) is 5.25 Å². The van der Waals surface area contributed by atoms with Gasteiger partial charge in [-0.15, -0.1) is 11.8 Å². The fourth-order valence-corrected chi connectivity index (χ4v) is 2.51. The minimum absolute atomic E-state index is 0.741. The molecule has 0 aromatic carbocycles. The highest BCUT2D eigenvalue weighted by molar-refractivity contribution is 8.03. The van der Waals surface area contributed by atoms with Gasteiger partial charge in [0.1, 0.15) is 0 Å². The molecule has 1 heteroatoms. The van der Waals surface area contributed by atoms with Crippen molar-refractivity contribution in [3.8, 4) is 0 Å². The highest BCUT2D eigenvalue weighted by Crippen LogP contribution is 2.38. The lowest BCUT2D eigenvalue weighted by atomic mass is 10.00. The van der Waals surface area contributed by atoms with E-state index in [1.807, 2.05) is 11.8 Å². The summed E-state index contributed by atoms with van der Waals surface area (Å²) >= 11 is 1.95. The molecule has 1 aliphatic heterocycles. The van der Waals surface area contributed by atoms with Crippen molar-refractivity contribution in [1.82, 2.24) is 0 Å². The average molecular weight is 150 g/mol. The predicted molar refractivity (Wildman–Crippen MR) is 47.0 cm³/mol. The molecule has 0 fully saturated rings. The van der Waals surface area contributed by atoms with E-state index in [0.717, 1.165) is 5.25 Å². The Morgan fingerprint density at radius 3 is 3.30 bits per heavy atom. The van der Waals surface area contributed by atoms with Gasteiger partial charge in [0.15, 0.2) is 0 Å². The second kappa shape index (κ2) is 2.31. The second-order valence-corrected chi connectivity index (χ2v) is 3.79. The maximum Gasteiger partial charge on any atom is 0.0376 e. The molecule has 2 rings (SSSR count). The van der Waals surface area contributed by atoms with E-state index in [1.54, 1.807) is 0 Å². The molecule has 0 aromatic rings. The molecular formula is C9H10S. The summed E-state index contributed by atoms with van der Waals surface area (Å²) in [4.78, 5) is 0. The van der Waals surface area contributed by atoms with Gasteiger partial charge in [0.2, 0.25) is 0 Å². The first-order chi connectivity index (χ1) is 4.88. The van der Waals surface area contributed by atoms with Crippen LogP contribution >= 0.6 is 11.8 Å². The van der Waals surface area contributed by atoms with E-state index < -0.39 is 0 Å². The largest absolute Gasteiger partial charge is 0.125 e. The zero-order chi connectivity index (χ0) is 6.97. The Kier molecular flexibility index (Phi) is 1.46. The molecule has 0 spiro atoms. The van der Waals surface area contributed by atoms with Crippen molar-refractivity contribution < 1.29 is 0 Å². The zero-order valence-corrected chi connectivity index (χ0v) is 6.82. The van der Waals surface area contributed by atoms with E-state index in [2.05, 4.69) is 30.6 Å². The number of allylic oxidation sites excluding steroid dienone is 4. The van der Waals surface area contributed by atoms with E-state index in [1.165, 1.54) is 17.6 Å². The number of hydrogen-bond acceptors (Lipinski definition) is 1. The first-order valence-corrected chi connectivity index (χ1v) is 4.51. The summed E-state index contributed by atoms with van der Waals surface area (Å²) in [5.74, 6) is 0. The van der Waals surface area contributed by atoms with Gasteiger partial charge in [-0.25, -0.2) is 0 Å². The summed E-state index contributed by atoms with van der Waals surface area (Å²) in [5, 5.41) is 3.01. The molecule has 0 N–H and O–H groups in total. The molecule has 0 amide bonds. The topological polar surface area (TPSA) is 0 Å². The molecule has 2 aliphatic rings. The van der Waals surface area contributed by atoms with Crippen LogP contribution in [0.5, 0.6) is 0 Å². The molecule has 0 bridgehead atoms. The summed E-state index contributed by atoms with van der Waals surface area (Å²) in [5.41, 5.74) is 2.99. The lowest BCUT2D eigenvalue weighted by molar-refractivity contribution is 1.01. The van der Waals surface area contributed by atoms with Gasteiger partial charge < -0.3 is 0 Å². The van der Waals surface area contributed by atoms with Gasteiger partial charge in [-0.1, -0.05) is 18.2 Å². The van der Waals surface area contributed by atoms with E-state index >= 15 is 0 Å². The summed E-state index contributed by atoms with van der Waals surface area (Å²) in [7, 11) is 0. The Balaban J connectivity index is 2.34. The van der Waals surface area contributed by atoms with Crippen LogP contribution in [-0.4, -0.2) is 5.25 Å². The van der Waals surface area contributed by atoms with Crippen LogP contribution < -0.4 is 0 Å². The summed E-state index contributed by atoms with van der Waals surface area (Å²) in [6.07, 6.45) is 7.85. The van der Waals surface area contributed by atoms with Crippen LogP contribution in [0.25, 0.3) is 0 Å². The lowest BCUT2D eigenvalue weighted by Gasteiger charge is -2.12. The zero-order valence-electron chi connectivity index (χ0n) is 6.00. The molecule has 0 nitrogen and oxygen atoms in total. The van der Waals surface area contributed by atoms with Crippen LogP contribution in [0, 0.1) is 0 Å². The molecular weight excluding hydrogens is 140 g/mol. The van der Waals surface area contributed by atoms with E-state index in [0.29, 0.717) is 0 Å². The highest BCUT2D eigenvalue weighted by atomic mass is 32.2. The minimum Gasteiger partial charge on any atom is -0.125 e. The third-order valence-corrected chi connectivity index (χ3v) is 3.24. The van der Waals surface area contributed by atoms with Crippen molar-refractivity contribution in [3.63, 3.8) is 0 Å². The Bertz CT molecular complexity index is 233. The first-order valence-electron chi connectivity index (χ1n) is 3.57. The van der Waals surface area contributed by atoms with Gasteiger partial charge in [-0.3, -0.25) is 0 Å². The van der Waals surface area contributed by atoms with Crippen LogP contribution in [0.3, 0.4) is 0 Å². The van der Waals surface area contributed by atoms with Crippen molar-refractivity contribution in [2.24, 2.45) is 0 Å². The maximum absolute atomic E-state index is 2.27. The minimum atomic E-state index is 0.741. The average Bonchev–Trinajstić information content (AvgIpc) is 2.34. The molecule has 1 heterocycles. The fraction of sp³-hybridized carbons (Fsp3) is 0.333. The molecule has 52 valence electrons. The number of fused-ring (bicyclic) bond motifs is 1. The quantitative estimate of drug-likeness (QED) is 0.511. The van der Waals surface area contributed by atoms with Crippen molar-refractivity contribution in [1.29, 1.82) is 0 Å². The lowest BCUT2D eigenvalue weighted by Crippen LogP contribution is -2.03. The molecule has 0 saturated carbocycles. The number of rotatable bonds is 0. The third-order valence-electron chi connectivity index (χ3n) is 1.97. The fourth-order valence-electron chi connectivity index (χ4n) is 1.37. The van der Waals surface area contributed by atoms with Crippen LogP contribution in [0.4, 0.5) is 0 Å². The van der Waals surface area contributed by atoms with Crippen molar-refractivity contribution in [2.75, 3.05) is 0 Å². The normalized spacial score (nSPS) is 29.5. The molecule has 10 heavy (non-hydrogen) atoms. The smallest absolute Gasteiger partial charge is 0.0376 e. The van der Waals surface area contributed by atoms with E-state index in [4.69, 9.17) is 0 Å². The number of hydrogen-bond donors (Lipinski definition) is 0. The molecule has 0 aromatic heterocycles. The SMILES string of the molecule is CC1=CSC2CC=CC=C12. The Morgan fingerprint density at radius 2 is 2.50 bits per heavy atom. The summed E-state index contributed by atoms with van der Waals surface area (Å²) in [6, 6.07) is 0. The Morgan fingerprint density at radius 1 is 1.60 bits per heavy atom. The monoisotopic (exact) mass is 150 g/mol. The van der Waals surface area contributed by atoms with Crippen LogP contribution in [0.15, 0.2) is 34.8 Å². The molecule has 0 radical (unpaired) electrons. The number of thioether (sulfide) groups is 1. The van der Waals surface area contributed by atoms with Crippen molar-refractivity contribution >= 4 is 11.8 Å². The summed E-state index contributed by atoms with van der Waals surface area (Å²) in [6.45, 7) is 2.19. The molecule has 0 saturated heterocycles. The van der Waals surface area contributed by atoms with Gasteiger partial charge in [-0.05, 0) is 29.9 Å². The van der Waals surface area contributed by atoms with Crippen LogP contribution in [-0.2, 0) is 0 Å².